The highest BCUT2D eigenvalue weighted by Crippen LogP contribution is 2.60. The molecule has 2 nitrogen and oxygen atoms in total. The standard InChI is InChI=1S/C13H21NO/c1-12(2)10-4-3-9(11(12)5-10)6-13(15)7-14-8-13/h3,10-11,14-15H,4-8H2,1-2H3. The molecule has 4 aliphatic rings. The number of nitrogens with one attached hydrogen (secondary N) is 1. The number of allylic oxidation sites excluding steroid dienone is 1. The first-order valence-corrected chi connectivity index (χ1v) is 6.13. The van der Waals surface area contributed by atoms with Gasteiger partial charge in [0, 0.05) is 13.1 Å². The Hall–Kier alpha value is -0.340. The van der Waals surface area contributed by atoms with E-state index >= 15 is 0 Å². The maximum Gasteiger partial charge on any atom is 0.0932 e. The van der Waals surface area contributed by atoms with Crippen LogP contribution in [0, 0.1) is 17.3 Å². The van der Waals surface area contributed by atoms with Crippen molar-refractivity contribution in [2.45, 2.75) is 38.7 Å². The zero-order valence-corrected chi connectivity index (χ0v) is 9.71. The zero-order chi connectivity index (χ0) is 10.7. The zero-order valence-electron chi connectivity index (χ0n) is 9.71. The van der Waals surface area contributed by atoms with Gasteiger partial charge in [0.05, 0.1) is 5.60 Å². The summed E-state index contributed by atoms with van der Waals surface area (Å²) in [4.78, 5) is 0. The molecule has 0 aromatic heterocycles. The fraction of sp³-hybridized carbons (Fsp3) is 0.846. The Labute approximate surface area is 91.8 Å². The van der Waals surface area contributed by atoms with E-state index < -0.39 is 5.60 Å². The Balaban J connectivity index is 1.74. The Morgan fingerprint density at radius 2 is 2.20 bits per heavy atom. The van der Waals surface area contributed by atoms with E-state index in [4.69, 9.17) is 0 Å². The molecule has 4 rings (SSSR count). The minimum Gasteiger partial charge on any atom is -0.387 e. The number of fused-ring (bicyclic) bond motifs is 1. The molecule has 15 heavy (non-hydrogen) atoms. The van der Waals surface area contributed by atoms with Gasteiger partial charge in [0.25, 0.3) is 0 Å². The third-order valence-corrected chi connectivity index (χ3v) is 5.02. The van der Waals surface area contributed by atoms with Crippen LogP contribution in [0.25, 0.3) is 0 Å². The molecule has 0 aromatic rings. The van der Waals surface area contributed by atoms with Crippen molar-refractivity contribution >= 4 is 0 Å². The van der Waals surface area contributed by atoms with Crippen LogP contribution in [0.4, 0.5) is 0 Å². The first kappa shape index (κ1) is 9.86. The monoisotopic (exact) mass is 207 g/mol. The second-order valence-corrected chi connectivity index (χ2v) is 6.33. The number of hydrogen-bond donors (Lipinski definition) is 2. The van der Waals surface area contributed by atoms with E-state index in [1.54, 1.807) is 0 Å². The van der Waals surface area contributed by atoms with E-state index in [1.165, 1.54) is 18.4 Å². The summed E-state index contributed by atoms with van der Waals surface area (Å²) in [6.45, 7) is 6.34. The molecule has 0 amide bonds. The second-order valence-electron chi connectivity index (χ2n) is 6.33. The number of aliphatic hydroxyl groups is 1. The van der Waals surface area contributed by atoms with Crippen LogP contribution in [0.5, 0.6) is 0 Å². The average Bonchev–Trinajstić information content (AvgIpc) is 2.15. The predicted octanol–water partition coefficient (Wildman–Crippen LogP) is 1.70. The quantitative estimate of drug-likeness (QED) is 0.676. The first-order chi connectivity index (χ1) is 7.01. The summed E-state index contributed by atoms with van der Waals surface area (Å²) in [5.74, 6) is 1.65. The normalized spacial score (nSPS) is 40.1. The molecule has 1 saturated carbocycles. The maximum atomic E-state index is 10.2. The Kier molecular flexibility index (Phi) is 1.88. The van der Waals surface area contributed by atoms with Crippen molar-refractivity contribution in [2.24, 2.45) is 17.3 Å². The molecule has 0 radical (unpaired) electrons. The summed E-state index contributed by atoms with van der Waals surface area (Å²) < 4.78 is 0. The van der Waals surface area contributed by atoms with Crippen molar-refractivity contribution in [1.29, 1.82) is 0 Å². The van der Waals surface area contributed by atoms with E-state index in [1.807, 2.05) is 0 Å². The van der Waals surface area contributed by atoms with Gasteiger partial charge in [0.2, 0.25) is 0 Å². The molecule has 2 fully saturated rings. The van der Waals surface area contributed by atoms with Gasteiger partial charge in [-0.15, -0.1) is 0 Å². The molecule has 3 aliphatic carbocycles. The number of hydrogen-bond acceptors (Lipinski definition) is 2. The molecule has 2 bridgehead atoms. The molecule has 2 heteroatoms. The van der Waals surface area contributed by atoms with E-state index in [9.17, 15) is 5.11 Å². The van der Waals surface area contributed by atoms with Gasteiger partial charge < -0.3 is 10.4 Å². The van der Waals surface area contributed by atoms with Crippen molar-refractivity contribution in [1.82, 2.24) is 5.32 Å². The summed E-state index contributed by atoms with van der Waals surface area (Å²) in [7, 11) is 0. The summed E-state index contributed by atoms with van der Waals surface area (Å²) in [5.41, 5.74) is 1.61. The van der Waals surface area contributed by atoms with E-state index in [0.717, 1.165) is 31.3 Å². The average molecular weight is 207 g/mol. The van der Waals surface area contributed by atoms with Crippen LogP contribution in [0.1, 0.15) is 33.1 Å². The van der Waals surface area contributed by atoms with E-state index in [2.05, 4.69) is 25.2 Å². The molecule has 2 unspecified atom stereocenters. The highest BCUT2D eigenvalue weighted by molar-refractivity contribution is 5.25. The van der Waals surface area contributed by atoms with Crippen LogP contribution >= 0.6 is 0 Å². The smallest absolute Gasteiger partial charge is 0.0932 e. The molecule has 1 aliphatic heterocycles. The summed E-state index contributed by atoms with van der Waals surface area (Å²) >= 11 is 0. The predicted molar refractivity (Wildman–Crippen MR) is 60.5 cm³/mol. The lowest BCUT2D eigenvalue weighted by atomic mass is 9.48. The third-order valence-electron chi connectivity index (χ3n) is 5.02. The van der Waals surface area contributed by atoms with Gasteiger partial charge in [-0.3, -0.25) is 0 Å². The molecular formula is C13H21NO. The topological polar surface area (TPSA) is 32.3 Å². The maximum absolute atomic E-state index is 10.2. The highest BCUT2D eigenvalue weighted by Gasteiger charge is 2.52. The number of rotatable bonds is 2. The molecule has 0 aromatic carbocycles. The van der Waals surface area contributed by atoms with Crippen molar-refractivity contribution in [3.05, 3.63) is 11.6 Å². The molecule has 1 heterocycles. The van der Waals surface area contributed by atoms with Crippen LogP contribution in [0.3, 0.4) is 0 Å². The summed E-state index contributed by atoms with van der Waals surface area (Å²) in [6, 6.07) is 0. The Bertz CT molecular complexity index is 314. The molecular weight excluding hydrogens is 186 g/mol. The molecule has 2 atom stereocenters. The minimum absolute atomic E-state index is 0.426. The lowest BCUT2D eigenvalue weighted by Crippen LogP contribution is -2.60. The van der Waals surface area contributed by atoms with Crippen LogP contribution < -0.4 is 5.32 Å². The second kappa shape index (κ2) is 2.86. The summed E-state index contributed by atoms with van der Waals surface area (Å²) in [5, 5.41) is 13.3. The first-order valence-electron chi connectivity index (χ1n) is 6.13. The van der Waals surface area contributed by atoms with Crippen molar-refractivity contribution < 1.29 is 5.11 Å². The minimum atomic E-state index is -0.426. The lowest BCUT2D eigenvalue weighted by molar-refractivity contribution is -0.0404. The van der Waals surface area contributed by atoms with Gasteiger partial charge >= 0.3 is 0 Å². The molecule has 1 saturated heterocycles. The van der Waals surface area contributed by atoms with Gasteiger partial charge in [0.1, 0.15) is 0 Å². The van der Waals surface area contributed by atoms with Crippen LogP contribution in [-0.4, -0.2) is 23.8 Å². The van der Waals surface area contributed by atoms with Gasteiger partial charge in [-0.1, -0.05) is 25.5 Å². The van der Waals surface area contributed by atoms with Crippen LogP contribution in [-0.2, 0) is 0 Å². The highest BCUT2D eigenvalue weighted by atomic mass is 16.3. The summed E-state index contributed by atoms with van der Waals surface area (Å²) in [6.07, 6.45) is 5.91. The molecule has 2 N–H and O–H groups in total. The van der Waals surface area contributed by atoms with E-state index in [0.29, 0.717) is 5.41 Å². The van der Waals surface area contributed by atoms with Gasteiger partial charge in [-0.2, -0.15) is 0 Å². The largest absolute Gasteiger partial charge is 0.387 e. The van der Waals surface area contributed by atoms with Crippen molar-refractivity contribution in [2.75, 3.05) is 13.1 Å². The lowest BCUT2D eigenvalue weighted by Gasteiger charge is -2.57. The Morgan fingerprint density at radius 1 is 1.47 bits per heavy atom. The van der Waals surface area contributed by atoms with Crippen molar-refractivity contribution in [3.8, 4) is 0 Å². The van der Waals surface area contributed by atoms with Gasteiger partial charge in [0.15, 0.2) is 0 Å². The van der Waals surface area contributed by atoms with Crippen LogP contribution in [0.2, 0.25) is 0 Å². The SMILES string of the molecule is CC1(C)C2CC=C(CC3(O)CNC3)C1C2. The Morgan fingerprint density at radius 3 is 2.67 bits per heavy atom. The molecule has 84 valence electrons. The van der Waals surface area contributed by atoms with Gasteiger partial charge in [-0.05, 0) is 36.5 Å². The van der Waals surface area contributed by atoms with Crippen molar-refractivity contribution in [3.63, 3.8) is 0 Å². The fourth-order valence-electron chi connectivity index (χ4n) is 3.60. The van der Waals surface area contributed by atoms with Gasteiger partial charge in [-0.25, -0.2) is 0 Å². The molecule has 0 spiro atoms. The van der Waals surface area contributed by atoms with Crippen LogP contribution in [0.15, 0.2) is 11.6 Å². The third kappa shape index (κ3) is 1.31. The van der Waals surface area contributed by atoms with E-state index in [-0.39, 0.29) is 0 Å². The fourth-order valence-corrected chi connectivity index (χ4v) is 3.60. The number of β-amino-alcohol motifs (C(OH)–C–C–N with tert-alkyl or cyclic N) is 1.